The first-order valence-electron chi connectivity index (χ1n) is 7.81. The molecule has 4 aromatic rings. The molecule has 0 atom stereocenters. The van der Waals surface area contributed by atoms with E-state index in [0.29, 0.717) is 5.57 Å². The van der Waals surface area contributed by atoms with Gasteiger partial charge in [0, 0.05) is 23.3 Å². The Morgan fingerprint density at radius 1 is 1.00 bits per heavy atom. The molecule has 0 N–H and O–H groups in total. The van der Waals surface area contributed by atoms with Gasteiger partial charge < -0.3 is 0 Å². The van der Waals surface area contributed by atoms with Gasteiger partial charge in [-0.1, -0.05) is 42.5 Å². The zero-order chi connectivity index (χ0) is 17.1. The predicted molar refractivity (Wildman–Crippen MR) is 103 cm³/mol. The Labute approximate surface area is 149 Å². The molecule has 0 radical (unpaired) electrons. The highest BCUT2D eigenvalue weighted by Crippen LogP contribution is 2.28. The number of rotatable bonds is 3. The molecule has 0 aliphatic carbocycles. The van der Waals surface area contributed by atoms with Gasteiger partial charge in [0.25, 0.3) is 0 Å². The van der Waals surface area contributed by atoms with Gasteiger partial charge >= 0.3 is 0 Å². The molecule has 0 spiro atoms. The van der Waals surface area contributed by atoms with Gasteiger partial charge in [-0.05, 0) is 34.5 Å². The molecule has 0 aliphatic heterocycles. The van der Waals surface area contributed by atoms with Crippen molar-refractivity contribution in [2.75, 3.05) is 0 Å². The molecule has 25 heavy (non-hydrogen) atoms. The Balaban J connectivity index is 1.77. The van der Waals surface area contributed by atoms with E-state index in [1.165, 1.54) is 11.3 Å². The average Bonchev–Trinajstić information content (AvgIpc) is 3.17. The van der Waals surface area contributed by atoms with Crippen LogP contribution in [-0.2, 0) is 0 Å². The van der Waals surface area contributed by atoms with Crippen molar-refractivity contribution in [3.63, 3.8) is 0 Å². The first-order valence-corrected chi connectivity index (χ1v) is 8.69. The van der Waals surface area contributed by atoms with Gasteiger partial charge in [-0.25, -0.2) is 4.98 Å². The van der Waals surface area contributed by atoms with Gasteiger partial charge in [-0.15, -0.1) is 11.3 Å². The molecular formula is C21H13N3S. The van der Waals surface area contributed by atoms with Gasteiger partial charge in [0.05, 0.1) is 11.3 Å². The first kappa shape index (κ1) is 15.3. The molecule has 118 valence electrons. The van der Waals surface area contributed by atoms with Crippen molar-refractivity contribution in [2.45, 2.75) is 0 Å². The number of thiazole rings is 1. The molecule has 0 fully saturated rings. The van der Waals surface area contributed by atoms with Crippen LogP contribution in [-0.4, -0.2) is 9.97 Å². The summed E-state index contributed by atoms with van der Waals surface area (Å²) in [5, 5.41) is 14.6. The standard InChI is InChI=1S/C21H13N3S/c22-13-18(12-17-6-3-5-15-4-1-2-7-19(15)17)21-24-20(14-25-21)16-8-10-23-11-9-16/h1-12,14H. The van der Waals surface area contributed by atoms with E-state index in [1.807, 2.05) is 47.9 Å². The molecule has 0 amide bonds. The predicted octanol–water partition coefficient (Wildman–Crippen LogP) is 5.42. The molecule has 0 unspecified atom stereocenters. The number of fused-ring (bicyclic) bond motifs is 1. The second kappa shape index (κ2) is 6.68. The van der Waals surface area contributed by atoms with E-state index in [4.69, 9.17) is 0 Å². The molecule has 0 saturated heterocycles. The van der Waals surface area contributed by atoms with E-state index in [2.05, 4.69) is 34.2 Å². The van der Waals surface area contributed by atoms with Crippen LogP contribution in [0.1, 0.15) is 10.6 Å². The topological polar surface area (TPSA) is 49.6 Å². The number of allylic oxidation sites excluding steroid dienone is 1. The molecule has 0 aliphatic rings. The number of benzene rings is 2. The Morgan fingerprint density at radius 2 is 1.80 bits per heavy atom. The molecule has 3 nitrogen and oxygen atoms in total. The van der Waals surface area contributed by atoms with E-state index in [9.17, 15) is 5.26 Å². The van der Waals surface area contributed by atoms with Crippen LogP contribution in [0, 0.1) is 11.3 Å². The maximum absolute atomic E-state index is 9.63. The lowest BCUT2D eigenvalue weighted by atomic mass is 10.0. The fourth-order valence-corrected chi connectivity index (χ4v) is 3.52. The van der Waals surface area contributed by atoms with Crippen LogP contribution < -0.4 is 0 Å². The number of pyridine rings is 1. The first-order chi connectivity index (χ1) is 12.3. The van der Waals surface area contributed by atoms with Crippen molar-refractivity contribution in [2.24, 2.45) is 0 Å². The minimum atomic E-state index is 0.571. The van der Waals surface area contributed by atoms with Crippen molar-refractivity contribution in [3.05, 3.63) is 82.9 Å². The smallest absolute Gasteiger partial charge is 0.134 e. The lowest BCUT2D eigenvalue weighted by Gasteiger charge is -2.02. The number of aromatic nitrogens is 2. The molecular weight excluding hydrogens is 326 g/mol. The summed E-state index contributed by atoms with van der Waals surface area (Å²) in [7, 11) is 0. The summed E-state index contributed by atoms with van der Waals surface area (Å²) in [4.78, 5) is 8.65. The number of hydrogen-bond donors (Lipinski definition) is 0. The summed E-state index contributed by atoms with van der Waals surface area (Å²) >= 11 is 1.48. The van der Waals surface area contributed by atoms with Gasteiger partial charge in [-0.2, -0.15) is 5.26 Å². The second-order valence-electron chi connectivity index (χ2n) is 5.51. The van der Waals surface area contributed by atoms with Crippen molar-refractivity contribution >= 4 is 33.8 Å². The highest BCUT2D eigenvalue weighted by molar-refractivity contribution is 7.11. The normalized spacial score (nSPS) is 11.4. The molecule has 2 heterocycles. The number of nitriles is 1. The van der Waals surface area contributed by atoms with E-state index >= 15 is 0 Å². The van der Waals surface area contributed by atoms with Crippen LogP contribution in [0.15, 0.2) is 72.4 Å². The van der Waals surface area contributed by atoms with Crippen LogP contribution in [0.25, 0.3) is 33.7 Å². The Hall–Kier alpha value is -3.29. The summed E-state index contributed by atoms with van der Waals surface area (Å²) in [6, 6.07) is 20.4. The maximum Gasteiger partial charge on any atom is 0.134 e. The molecule has 0 bridgehead atoms. The fourth-order valence-electron chi connectivity index (χ4n) is 2.73. The lowest BCUT2D eigenvalue weighted by molar-refractivity contribution is 1.31. The van der Waals surface area contributed by atoms with Gasteiger partial charge in [-0.3, -0.25) is 4.98 Å². The highest BCUT2D eigenvalue weighted by atomic mass is 32.1. The monoisotopic (exact) mass is 339 g/mol. The minimum absolute atomic E-state index is 0.571. The number of nitrogens with zero attached hydrogens (tertiary/aromatic N) is 3. The third-order valence-electron chi connectivity index (χ3n) is 3.95. The van der Waals surface area contributed by atoms with Crippen molar-refractivity contribution in [3.8, 4) is 17.3 Å². The lowest BCUT2D eigenvalue weighted by Crippen LogP contribution is -1.84. The van der Waals surface area contributed by atoms with Crippen molar-refractivity contribution in [1.82, 2.24) is 9.97 Å². The largest absolute Gasteiger partial charge is 0.265 e. The van der Waals surface area contributed by atoms with E-state index in [-0.39, 0.29) is 0 Å². The Bertz CT molecular complexity index is 1100. The van der Waals surface area contributed by atoms with Crippen LogP contribution in [0.3, 0.4) is 0 Å². The summed E-state index contributed by atoms with van der Waals surface area (Å²) in [6.45, 7) is 0. The molecule has 0 saturated carbocycles. The van der Waals surface area contributed by atoms with Crippen molar-refractivity contribution in [1.29, 1.82) is 5.26 Å². The molecule has 4 rings (SSSR count). The van der Waals surface area contributed by atoms with E-state index in [0.717, 1.165) is 32.6 Å². The van der Waals surface area contributed by atoms with Crippen LogP contribution in [0.5, 0.6) is 0 Å². The van der Waals surface area contributed by atoms with Crippen molar-refractivity contribution < 1.29 is 0 Å². The summed E-state index contributed by atoms with van der Waals surface area (Å²) in [5.74, 6) is 0. The van der Waals surface area contributed by atoms with Gasteiger partial charge in [0.1, 0.15) is 11.1 Å². The maximum atomic E-state index is 9.63. The fraction of sp³-hybridized carbons (Fsp3) is 0. The summed E-state index contributed by atoms with van der Waals surface area (Å²) in [6.07, 6.45) is 5.40. The Kier molecular flexibility index (Phi) is 4.07. The zero-order valence-electron chi connectivity index (χ0n) is 13.3. The third kappa shape index (κ3) is 3.06. The average molecular weight is 339 g/mol. The minimum Gasteiger partial charge on any atom is -0.265 e. The van der Waals surface area contributed by atoms with Gasteiger partial charge in [0.2, 0.25) is 0 Å². The highest BCUT2D eigenvalue weighted by Gasteiger charge is 2.09. The zero-order valence-corrected chi connectivity index (χ0v) is 14.1. The van der Waals surface area contributed by atoms with E-state index in [1.54, 1.807) is 12.4 Å². The quantitative estimate of drug-likeness (QED) is 0.468. The molecule has 2 aromatic carbocycles. The Morgan fingerprint density at radius 3 is 2.64 bits per heavy atom. The summed E-state index contributed by atoms with van der Waals surface area (Å²) < 4.78 is 0. The molecule has 2 aromatic heterocycles. The van der Waals surface area contributed by atoms with Crippen LogP contribution >= 0.6 is 11.3 Å². The van der Waals surface area contributed by atoms with Crippen LogP contribution in [0.2, 0.25) is 0 Å². The second-order valence-corrected chi connectivity index (χ2v) is 6.37. The molecule has 4 heteroatoms. The number of hydrogen-bond acceptors (Lipinski definition) is 4. The third-order valence-corrected chi connectivity index (χ3v) is 4.83. The SMILES string of the molecule is N#CC(=Cc1cccc2ccccc12)c1nc(-c2ccncc2)cs1. The van der Waals surface area contributed by atoms with E-state index < -0.39 is 0 Å². The van der Waals surface area contributed by atoms with Crippen LogP contribution in [0.4, 0.5) is 0 Å². The summed E-state index contributed by atoms with van der Waals surface area (Å²) in [5.41, 5.74) is 3.46. The van der Waals surface area contributed by atoms with Gasteiger partial charge in [0.15, 0.2) is 0 Å².